The number of nitrogens with zero attached hydrogens (tertiary/aromatic N) is 3. The van der Waals surface area contributed by atoms with E-state index in [0.29, 0.717) is 17.5 Å². The van der Waals surface area contributed by atoms with Crippen LogP contribution in [-0.2, 0) is 0 Å². The predicted molar refractivity (Wildman–Crippen MR) is 295 cm³/mol. The van der Waals surface area contributed by atoms with Gasteiger partial charge in [-0.25, -0.2) is 15.0 Å². The van der Waals surface area contributed by atoms with Crippen LogP contribution in [0.4, 0.5) is 0 Å². The molecule has 0 aliphatic rings. The lowest BCUT2D eigenvalue weighted by Gasteiger charge is -2.24. The van der Waals surface area contributed by atoms with Gasteiger partial charge in [-0.1, -0.05) is 141 Å². The molecule has 0 aliphatic carbocycles. The van der Waals surface area contributed by atoms with Gasteiger partial charge in [0.05, 0.1) is 0 Å². The highest BCUT2D eigenvalue weighted by Crippen LogP contribution is 2.40. The summed E-state index contributed by atoms with van der Waals surface area (Å²) in [5, 5.41) is 2.67. The zero-order valence-corrected chi connectivity index (χ0v) is 37.5. The van der Waals surface area contributed by atoms with Gasteiger partial charge in [-0.3, -0.25) is 0 Å². The Morgan fingerprint density at radius 2 is 0.650 bits per heavy atom. The molecule has 0 unspecified atom stereocenters. The third-order valence-electron chi connectivity index (χ3n) is 13.7. The number of hydrogen-bond acceptors (Lipinski definition) is 4. The van der Waals surface area contributed by atoms with Gasteiger partial charge in [-0.2, -0.15) is 0 Å². The first-order valence-corrected chi connectivity index (χ1v) is 21.8. The van der Waals surface area contributed by atoms with Crippen molar-refractivity contribution in [3.8, 4) is 67.5 Å². The van der Waals surface area contributed by atoms with Crippen LogP contribution < -0.4 is 60.1 Å². The fraction of sp³-hybridized carbons (Fsp3) is 0. The minimum Gasteiger partial charge on any atom is -0.208 e. The first-order chi connectivity index (χ1) is 28.8. The Labute approximate surface area is 367 Å². The van der Waals surface area contributed by atoms with Crippen LogP contribution in [0.3, 0.4) is 0 Å². The second kappa shape index (κ2) is 15.5. The van der Waals surface area contributed by atoms with Gasteiger partial charge >= 0.3 is 0 Å². The summed E-state index contributed by atoms with van der Waals surface area (Å²) in [6.07, 6.45) is 0. The van der Waals surface area contributed by atoms with E-state index in [-0.39, 0.29) is 0 Å². The largest absolute Gasteiger partial charge is 0.208 e. The smallest absolute Gasteiger partial charge is 0.164 e. The molecule has 0 amide bonds. The highest BCUT2D eigenvalue weighted by Gasteiger charge is 2.26. The third-order valence-corrected chi connectivity index (χ3v) is 14.9. The van der Waals surface area contributed by atoms with Crippen molar-refractivity contribution < 1.29 is 0 Å². The number of hydrogen-bond donors (Lipinski definition) is 0. The van der Waals surface area contributed by atoms with Gasteiger partial charge in [-0.05, 0) is 50.2 Å². The molecule has 0 spiro atoms. The van der Waals surface area contributed by atoms with Crippen molar-refractivity contribution in [3.63, 3.8) is 0 Å². The Morgan fingerprint density at radius 3 is 1.22 bits per heavy atom. The lowest BCUT2D eigenvalue weighted by Crippen LogP contribution is -2.56. The summed E-state index contributed by atoms with van der Waals surface area (Å²) in [5.74, 6) is 2.02. The molecule has 60 heavy (non-hydrogen) atoms. The lowest BCUT2D eigenvalue weighted by atomic mass is 9.58. The standard InChI is InChI=1S/C45H40B11N3S/c46-30-25(31(47)39(55)40(56)38(30)54)26-32(48)36(52)33(49)27-28-34(50)37(53)35(51)29(42(28)60-41(26)27)45-58-43(22-16-14-21(15-17-22)19-8-3-1-4-9-19)57-44(59-45)24-13-7-12-23(18-24)20-10-5-2-6-11-20/h1-18H,46-56H2. The zero-order valence-electron chi connectivity index (χ0n) is 36.6. The van der Waals surface area contributed by atoms with Crippen LogP contribution in [0, 0.1) is 0 Å². The molecule has 0 bridgehead atoms. The maximum absolute atomic E-state index is 5.43. The van der Waals surface area contributed by atoms with Gasteiger partial charge in [-0.15, -0.1) is 33.2 Å². The van der Waals surface area contributed by atoms with E-state index in [4.69, 9.17) is 15.0 Å². The van der Waals surface area contributed by atoms with Gasteiger partial charge in [0.2, 0.25) is 0 Å². The fourth-order valence-corrected chi connectivity index (χ4v) is 10.9. The summed E-state index contributed by atoms with van der Waals surface area (Å²) in [6.45, 7) is 0. The van der Waals surface area contributed by atoms with Gasteiger partial charge in [0, 0.05) is 26.1 Å². The molecule has 2 heterocycles. The molecule has 0 radical (unpaired) electrons. The second-order valence-corrected chi connectivity index (χ2v) is 17.7. The number of fused-ring (bicyclic) bond motifs is 3. The Kier molecular flexibility index (Phi) is 10.3. The molecule has 15 heteroatoms. The molecule has 0 atom stereocenters. The summed E-state index contributed by atoms with van der Waals surface area (Å²) in [7, 11) is 25.2. The SMILES string of the molecule is Bc1c(B)c(B)c(-c2c(B)c(B)c(B)c3c2sc2c(-c4nc(-c5ccc(-c6ccccc6)cc5)nc(-c5cccc(-c6ccccc6)c5)n4)c(B)c(B)c(B)c23)c(B)c1B. The van der Waals surface area contributed by atoms with Crippen LogP contribution in [0.2, 0.25) is 0 Å². The summed E-state index contributed by atoms with van der Waals surface area (Å²) in [4.78, 5) is 16.1. The molecule has 9 rings (SSSR count). The number of aromatic nitrogens is 3. The zero-order chi connectivity index (χ0) is 42.1. The van der Waals surface area contributed by atoms with Crippen LogP contribution in [0.25, 0.3) is 87.7 Å². The molecule has 274 valence electrons. The van der Waals surface area contributed by atoms with Crippen molar-refractivity contribution in [2.45, 2.75) is 0 Å². The first kappa shape index (κ1) is 39.9. The monoisotopic (exact) mass is 775 g/mol. The van der Waals surface area contributed by atoms with E-state index in [1.165, 1.54) is 97.0 Å². The molecule has 9 aromatic rings. The quantitative estimate of drug-likeness (QED) is 0.158. The topological polar surface area (TPSA) is 38.7 Å². The molecular formula is C45H40B11N3S. The summed E-state index contributed by atoms with van der Waals surface area (Å²) in [6, 6.07) is 38.2. The molecule has 2 aromatic heterocycles. The van der Waals surface area contributed by atoms with Crippen LogP contribution >= 0.6 is 11.3 Å². The number of rotatable bonds is 6. The fourth-order valence-electron chi connectivity index (χ4n) is 9.25. The van der Waals surface area contributed by atoms with Crippen molar-refractivity contribution >= 4 is 178 Å². The molecule has 0 N–H and O–H groups in total. The van der Waals surface area contributed by atoms with E-state index in [9.17, 15) is 0 Å². The van der Waals surface area contributed by atoms with E-state index in [2.05, 4.69) is 196 Å². The van der Waals surface area contributed by atoms with Crippen molar-refractivity contribution in [1.82, 2.24) is 15.0 Å². The molecule has 3 nitrogen and oxygen atoms in total. The van der Waals surface area contributed by atoms with E-state index in [1.54, 1.807) is 0 Å². The molecular weight excluding hydrogens is 734 g/mol. The average Bonchev–Trinajstić information content (AvgIpc) is 3.68. The normalized spacial score (nSPS) is 11.4. The number of thiophene rings is 1. The highest BCUT2D eigenvalue weighted by molar-refractivity contribution is 7.27. The van der Waals surface area contributed by atoms with Crippen molar-refractivity contribution in [3.05, 3.63) is 109 Å². The maximum Gasteiger partial charge on any atom is 0.164 e. The summed E-state index contributed by atoms with van der Waals surface area (Å²) < 4.78 is 2.58. The lowest BCUT2D eigenvalue weighted by molar-refractivity contribution is 1.08. The van der Waals surface area contributed by atoms with E-state index in [1.807, 2.05) is 11.3 Å². The minimum atomic E-state index is 0.659. The van der Waals surface area contributed by atoms with Gasteiger partial charge in [0.15, 0.2) is 17.5 Å². The summed E-state index contributed by atoms with van der Waals surface area (Å²) in [5.41, 5.74) is 25.1. The van der Waals surface area contributed by atoms with Crippen LogP contribution in [0.1, 0.15) is 0 Å². The van der Waals surface area contributed by atoms with Crippen molar-refractivity contribution in [1.29, 1.82) is 0 Å². The Morgan fingerprint density at radius 1 is 0.283 bits per heavy atom. The second-order valence-electron chi connectivity index (χ2n) is 16.7. The van der Waals surface area contributed by atoms with Crippen LogP contribution in [0.15, 0.2) is 109 Å². The predicted octanol–water partition coefficient (Wildman–Crippen LogP) is -6.92. The van der Waals surface area contributed by atoms with Gasteiger partial charge in [0.1, 0.15) is 86.3 Å². The Hall–Kier alpha value is -5.52. The van der Waals surface area contributed by atoms with Gasteiger partial charge < -0.3 is 0 Å². The molecule has 7 aromatic carbocycles. The van der Waals surface area contributed by atoms with E-state index >= 15 is 0 Å². The summed E-state index contributed by atoms with van der Waals surface area (Å²) >= 11 is 1.91. The third kappa shape index (κ3) is 6.48. The first-order valence-electron chi connectivity index (χ1n) is 21.0. The Bertz CT molecular complexity index is 3180. The van der Waals surface area contributed by atoms with E-state index in [0.717, 1.165) is 33.4 Å². The van der Waals surface area contributed by atoms with E-state index < -0.39 is 0 Å². The van der Waals surface area contributed by atoms with Crippen LogP contribution in [0.5, 0.6) is 0 Å². The minimum absolute atomic E-state index is 0.659. The molecule has 0 aliphatic heterocycles. The van der Waals surface area contributed by atoms with Gasteiger partial charge in [0.25, 0.3) is 0 Å². The molecule has 0 saturated carbocycles. The number of benzene rings is 7. The van der Waals surface area contributed by atoms with Crippen molar-refractivity contribution in [2.75, 3.05) is 0 Å². The molecule has 0 fully saturated rings. The highest BCUT2D eigenvalue weighted by atomic mass is 32.1. The maximum atomic E-state index is 5.43. The van der Waals surface area contributed by atoms with Crippen molar-refractivity contribution in [2.24, 2.45) is 0 Å². The molecule has 0 saturated heterocycles. The Balaban J connectivity index is 1.35. The van der Waals surface area contributed by atoms with Crippen LogP contribution in [-0.4, -0.2) is 101 Å². The average molecular weight is 774 g/mol.